The normalized spacial score (nSPS) is 11.1. The molecule has 2 aromatic heterocycles. The van der Waals surface area contributed by atoms with Gasteiger partial charge in [-0.3, -0.25) is 9.36 Å². The second-order valence-corrected chi connectivity index (χ2v) is 5.06. The molecule has 0 aliphatic heterocycles. The summed E-state index contributed by atoms with van der Waals surface area (Å²) in [6.45, 7) is 3.56. The van der Waals surface area contributed by atoms with Crippen LogP contribution in [0.4, 0.5) is 0 Å². The lowest BCUT2D eigenvalue weighted by molar-refractivity contribution is 0.637. The van der Waals surface area contributed by atoms with Crippen molar-refractivity contribution in [3.63, 3.8) is 0 Å². The number of benzene rings is 1. The number of nitrogens with two attached hydrogens (primary N) is 1. The number of hydrogen-bond donors (Lipinski definition) is 1. The Labute approximate surface area is 121 Å². The zero-order chi connectivity index (χ0) is 14.8. The third-order valence-corrected chi connectivity index (χ3v) is 3.44. The highest BCUT2D eigenvalue weighted by Crippen LogP contribution is 2.07. The summed E-state index contributed by atoms with van der Waals surface area (Å²) in [5.74, 6) is 0. The van der Waals surface area contributed by atoms with Crippen molar-refractivity contribution in [2.75, 3.05) is 6.54 Å². The van der Waals surface area contributed by atoms with Gasteiger partial charge in [0.15, 0.2) is 5.65 Å². The maximum atomic E-state index is 12.5. The van der Waals surface area contributed by atoms with E-state index < -0.39 is 0 Å². The summed E-state index contributed by atoms with van der Waals surface area (Å²) in [7, 11) is 0. The zero-order valence-corrected chi connectivity index (χ0v) is 11.9. The van der Waals surface area contributed by atoms with Crippen LogP contribution >= 0.6 is 0 Å². The van der Waals surface area contributed by atoms with Crippen molar-refractivity contribution < 1.29 is 0 Å². The molecule has 1 aromatic carbocycles. The maximum Gasteiger partial charge on any atom is 0.264 e. The average Bonchev–Trinajstić information content (AvgIpc) is 2.89. The first-order valence-corrected chi connectivity index (χ1v) is 6.85. The van der Waals surface area contributed by atoms with Crippen molar-refractivity contribution in [1.82, 2.24) is 19.3 Å². The summed E-state index contributed by atoms with van der Waals surface area (Å²) in [6, 6.07) is 8.10. The molecule has 3 aromatic rings. The summed E-state index contributed by atoms with van der Waals surface area (Å²) < 4.78 is 3.26. The fourth-order valence-electron chi connectivity index (χ4n) is 2.29. The van der Waals surface area contributed by atoms with Gasteiger partial charge in [-0.1, -0.05) is 29.8 Å². The molecular formula is C15H17N5O. The van der Waals surface area contributed by atoms with E-state index in [9.17, 15) is 4.79 Å². The zero-order valence-electron chi connectivity index (χ0n) is 11.9. The van der Waals surface area contributed by atoms with Crippen LogP contribution in [-0.4, -0.2) is 25.9 Å². The SMILES string of the molecule is Cc1ccc(Cn2cnc3c(cnn3CCN)c2=O)cc1. The van der Waals surface area contributed by atoms with Crippen LogP contribution in [0.2, 0.25) is 0 Å². The maximum absolute atomic E-state index is 12.5. The van der Waals surface area contributed by atoms with Crippen molar-refractivity contribution in [2.45, 2.75) is 20.0 Å². The molecule has 0 bridgehead atoms. The Morgan fingerprint density at radius 3 is 2.71 bits per heavy atom. The molecule has 0 aliphatic rings. The molecule has 0 saturated heterocycles. The van der Waals surface area contributed by atoms with Crippen LogP contribution in [0.3, 0.4) is 0 Å². The molecule has 108 valence electrons. The van der Waals surface area contributed by atoms with Gasteiger partial charge in [0.1, 0.15) is 11.7 Å². The fourth-order valence-corrected chi connectivity index (χ4v) is 2.29. The highest BCUT2D eigenvalue weighted by Gasteiger charge is 2.09. The standard InChI is InChI=1S/C15H17N5O/c1-11-2-4-12(5-3-11)9-19-10-17-14-13(15(19)21)8-18-20(14)7-6-16/h2-5,8,10H,6-7,9,16H2,1H3. The molecule has 2 N–H and O–H groups in total. The number of aromatic nitrogens is 4. The Balaban J connectivity index is 1.98. The highest BCUT2D eigenvalue weighted by molar-refractivity contribution is 5.72. The van der Waals surface area contributed by atoms with Crippen molar-refractivity contribution in [3.05, 3.63) is 58.3 Å². The van der Waals surface area contributed by atoms with Crippen molar-refractivity contribution >= 4 is 11.0 Å². The van der Waals surface area contributed by atoms with E-state index in [4.69, 9.17) is 5.73 Å². The van der Waals surface area contributed by atoms with E-state index >= 15 is 0 Å². The van der Waals surface area contributed by atoms with Crippen LogP contribution in [-0.2, 0) is 13.1 Å². The molecule has 3 rings (SSSR count). The van der Waals surface area contributed by atoms with E-state index in [0.29, 0.717) is 30.7 Å². The monoisotopic (exact) mass is 283 g/mol. The second kappa shape index (κ2) is 5.49. The Morgan fingerprint density at radius 1 is 1.24 bits per heavy atom. The van der Waals surface area contributed by atoms with E-state index in [1.165, 1.54) is 5.56 Å². The van der Waals surface area contributed by atoms with Gasteiger partial charge in [-0.25, -0.2) is 9.67 Å². The Bertz CT molecular complexity index is 816. The number of fused-ring (bicyclic) bond motifs is 1. The van der Waals surface area contributed by atoms with Crippen LogP contribution in [0.15, 0.2) is 41.6 Å². The first-order valence-electron chi connectivity index (χ1n) is 6.85. The largest absolute Gasteiger partial charge is 0.329 e. The molecule has 0 unspecified atom stereocenters. The fraction of sp³-hybridized carbons (Fsp3) is 0.267. The first kappa shape index (κ1) is 13.5. The van der Waals surface area contributed by atoms with E-state index in [2.05, 4.69) is 10.1 Å². The van der Waals surface area contributed by atoms with Crippen LogP contribution in [0.5, 0.6) is 0 Å². The summed E-state index contributed by atoms with van der Waals surface area (Å²) in [6.07, 6.45) is 3.13. The number of nitrogens with zero attached hydrogens (tertiary/aromatic N) is 4. The van der Waals surface area contributed by atoms with Gasteiger partial charge in [0, 0.05) is 6.54 Å². The van der Waals surface area contributed by atoms with E-state index in [1.54, 1.807) is 21.8 Å². The quantitative estimate of drug-likeness (QED) is 0.772. The van der Waals surface area contributed by atoms with Crippen molar-refractivity contribution in [1.29, 1.82) is 0 Å². The Morgan fingerprint density at radius 2 is 2.00 bits per heavy atom. The van der Waals surface area contributed by atoms with E-state index in [0.717, 1.165) is 5.56 Å². The lowest BCUT2D eigenvalue weighted by Crippen LogP contribution is -2.21. The molecule has 21 heavy (non-hydrogen) atoms. The van der Waals surface area contributed by atoms with Gasteiger partial charge in [0.05, 0.1) is 19.3 Å². The smallest absolute Gasteiger partial charge is 0.264 e. The van der Waals surface area contributed by atoms with Gasteiger partial charge in [-0.2, -0.15) is 5.10 Å². The minimum atomic E-state index is -0.0798. The van der Waals surface area contributed by atoms with E-state index in [-0.39, 0.29) is 5.56 Å². The Hall–Kier alpha value is -2.47. The predicted molar refractivity (Wildman–Crippen MR) is 81.1 cm³/mol. The van der Waals surface area contributed by atoms with Gasteiger partial charge in [-0.15, -0.1) is 0 Å². The van der Waals surface area contributed by atoms with Crippen molar-refractivity contribution in [3.8, 4) is 0 Å². The molecule has 6 heteroatoms. The van der Waals surface area contributed by atoms with Gasteiger partial charge in [0.25, 0.3) is 5.56 Å². The van der Waals surface area contributed by atoms with Crippen LogP contribution < -0.4 is 11.3 Å². The van der Waals surface area contributed by atoms with Gasteiger partial charge >= 0.3 is 0 Å². The minimum Gasteiger partial charge on any atom is -0.329 e. The summed E-state index contributed by atoms with van der Waals surface area (Å²) in [4.78, 5) is 16.8. The molecule has 0 amide bonds. The topological polar surface area (TPSA) is 78.7 Å². The average molecular weight is 283 g/mol. The predicted octanol–water partition coefficient (Wildman–Crippen LogP) is 0.908. The number of aryl methyl sites for hydroxylation is 1. The van der Waals surface area contributed by atoms with Crippen LogP contribution in [0.1, 0.15) is 11.1 Å². The number of hydrogen-bond acceptors (Lipinski definition) is 4. The molecule has 0 saturated carbocycles. The van der Waals surface area contributed by atoms with Gasteiger partial charge in [0.2, 0.25) is 0 Å². The third-order valence-electron chi connectivity index (χ3n) is 3.44. The molecule has 0 aliphatic carbocycles. The summed E-state index contributed by atoms with van der Waals surface area (Å²) in [5.41, 5.74) is 8.29. The second-order valence-electron chi connectivity index (χ2n) is 5.06. The van der Waals surface area contributed by atoms with Gasteiger partial charge < -0.3 is 5.73 Å². The third kappa shape index (κ3) is 2.57. The number of rotatable bonds is 4. The Kier molecular flexibility index (Phi) is 3.53. The summed E-state index contributed by atoms with van der Waals surface area (Å²) in [5, 5.41) is 4.69. The molecular weight excluding hydrogens is 266 g/mol. The summed E-state index contributed by atoms with van der Waals surface area (Å²) >= 11 is 0. The molecule has 0 fully saturated rings. The minimum absolute atomic E-state index is 0.0798. The van der Waals surface area contributed by atoms with Crippen LogP contribution in [0.25, 0.3) is 11.0 Å². The van der Waals surface area contributed by atoms with Gasteiger partial charge in [-0.05, 0) is 12.5 Å². The molecule has 0 atom stereocenters. The lowest BCUT2D eigenvalue weighted by Gasteiger charge is -2.06. The first-order chi connectivity index (χ1) is 10.2. The van der Waals surface area contributed by atoms with Crippen LogP contribution in [0, 0.1) is 6.92 Å². The molecule has 2 heterocycles. The molecule has 0 spiro atoms. The lowest BCUT2D eigenvalue weighted by atomic mass is 10.1. The van der Waals surface area contributed by atoms with E-state index in [1.807, 2.05) is 31.2 Å². The molecule has 6 nitrogen and oxygen atoms in total. The molecule has 0 radical (unpaired) electrons. The highest BCUT2D eigenvalue weighted by atomic mass is 16.1. The van der Waals surface area contributed by atoms with Crippen molar-refractivity contribution in [2.24, 2.45) is 5.73 Å².